The van der Waals surface area contributed by atoms with Crippen LogP contribution in [-0.2, 0) is 4.74 Å². The fourth-order valence-electron chi connectivity index (χ4n) is 2.63. The molecular weight excluding hydrogens is 280 g/mol. The lowest BCUT2D eigenvalue weighted by Gasteiger charge is -2.40. The minimum Gasteiger partial charge on any atom is -0.390 e. The van der Waals surface area contributed by atoms with Crippen molar-refractivity contribution in [2.75, 3.05) is 7.05 Å². The van der Waals surface area contributed by atoms with E-state index in [4.69, 9.17) is 4.74 Å². The van der Waals surface area contributed by atoms with E-state index in [2.05, 4.69) is 17.2 Å². The first-order valence-electron chi connectivity index (χ1n) is 7.18. The van der Waals surface area contributed by atoms with E-state index < -0.39 is 24.4 Å². The van der Waals surface area contributed by atoms with Gasteiger partial charge in [0, 0.05) is 7.05 Å². The number of aliphatic imine (C=N–C) groups is 1. The third-order valence-electron chi connectivity index (χ3n) is 3.84. The SMILES string of the molecule is CCCCC[C@@H](O)[C@H]1O[C@@H]2SC(=NC)N[C@@H]2[C@@H](O)[C@@H]1O. The van der Waals surface area contributed by atoms with Gasteiger partial charge in [-0.25, -0.2) is 0 Å². The number of aliphatic hydroxyl groups is 3. The number of hydrogen-bond acceptors (Lipinski definition) is 6. The van der Waals surface area contributed by atoms with Crippen LogP contribution in [0, 0.1) is 0 Å². The van der Waals surface area contributed by atoms with Crippen LogP contribution in [0.25, 0.3) is 0 Å². The molecule has 0 aromatic rings. The molecule has 2 aliphatic heterocycles. The molecule has 4 N–H and O–H groups in total. The summed E-state index contributed by atoms with van der Waals surface area (Å²) in [5.41, 5.74) is -0.321. The van der Waals surface area contributed by atoms with Crippen LogP contribution in [0.1, 0.15) is 32.6 Å². The molecular formula is C13H24N2O4S. The Bertz CT molecular complexity index is 355. The maximum Gasteiger partial charge on any atom is 0.159 e. The van der Waals surface area contributed by atoms with E-state index in [1.165, 1.54) is 11.8 Å². The molecule has 0 radical (unpaired) electrons. The monoisotopic (exact) mass is 304 g/mol. The number of amidine groups is 1. The Labute approximate surface area is 123 Å². The summed E-state index contributed by atoms with van der Waals surface area (Å²) in [5.74, 6) is 0. The van der Waals surface area contributed by atoms with Crippen molar-refractivity contribution in [1.29, 1.82) is 0 Å². The van der Waals surface area contributed by atoms with Crippen molar-refractivity contribution in [3.05, 3.63) is 0 Å². The lowest BCUT2D eigenvalue weighted by Crippen LogP contribution is -2.61. The first-order chi connectivity index (χ1) is 9.58. The quantitative estimate of drug-likeness (QED) is 0.537. The molecule has 2 fully saturated rings. The molecule has 0 spiro atoms. The minimum atomic E-state index is -1.09. The maximum absolute atomic E-state index is 10.2. The Hall–Kier alpha value is -0.340. The van der Waals surface area contributed by atoms with Crippen LogP contribution < -0.4 is 5.32 Å². The number of fused-ring (bicyclic) bond motifs is 1. The van der Waals surface area contributed by atoms with Crippen LogP contribution in [-0.4, -0.2) is 63.4 Å². The summed E-state index contributed by atoms with van der Waals surface area (Å²) < 4.78 is 5.78. The predicted molar refractivity (Wildman–Crippen MR) is 78.7 cm³/mol. The highest BCUT2D eigenvalue weighted by Crippen LogP contribution is 2.35. The molecule has 20 heavy (non-hydrogen) atoms. The number of nitrogens with zero attached hydrogens (tertiary/aromatic N) is 1. The molecule has 2 rings (SSSR count). The highest BCUT2D eigenvalue weighted by Gasteiger charge is 2.50. The summed E-state index contributed by atoms with van der Waals surface area (Å²) in [6.07, 6.45) is 0.0304. The van der Waals surface area contributed by atoms with Crippen molar-refractivity contribution in [2.45, 2.75) is 68.5 Å². The van der Waals surface area contributed by atoms with Gasteiger partial charge in [0.1, 0.15) is 23.7 Å². The predicted octanol–water partition coefficient (Wildman–Crippen LogP) is 0.0651. The normalized spacial score (nSPS) is 40.5. The van der Waals surface area contributed by atoms with E-state index in [0.29, 0.717) is 11.6 Å². The van der Waals surface area contributed by atoms with E-state index in [1.54, 1.807) is 7.05 Å². The van der Waals surface area contributed by atoms with Crippen molar-refractivity contribution in [3.63, 3.8) is 0 Å². The lowest BCUT2D eigenvalue weighted by molar-refractivity contribution is -0.188. The van der Waals surface area contributed by atoms with Gasteiger partial charge in [0.15, 0.2) is 5.17 Å². The molecule has 2 saturated heterocycles. The Morgan fingerprint density at radius 1 is 1.35 bits per heavy atom. The van der Waals surface area contributed by atoms with E-state index in [-0.39, 0.29) is 11.5 Å². The number of nitrogens with one attached hydrogen (secondary N) is 1. The van der Waals surface area contributed by atoms with E-state index in [0.717, 1.165) is 19.3 Å². The van der Waals surface area contributed by atoms with Crippen LogP contribution in [0.3, 0.4) is 0 Å². The van der Waals surface area contributed by atoms with E-state index in [1.807, 2.05) is 0 Å². The highest BCUT2D eigenvalue weighted by molar-refractivity contribution is 8.14. The van der Waals surface area contributed by atoms with E-state index >= 15 is 0 Å². The zero-order valence-electron chi connectivity index (χ0n) is 11.9. The molecule has 2 heterocycles. The molecule has 0 bridgehead atoms. The van der Waals surface area contributed by atoms with Crippen molar-refractivity contribution >= 4 is 16.9 Å². The van der Waals surface area contributed by atoms with Gasteiger partial charge < -0.3 is 25.4 Å². The second-order valence-corrected chi connectivity index (χ2v) is 6.42. The molecule has 0 aliphatic carbocycles. The van der Waals surface area contributed by atoms with Gasteiger partial charge >= 0.3 is 0 Å². The number of ether oxygens (including phenoxy) is 1. The van der Waals surface area contributed by atoms with Gasteiger partial charge in [-0.2, -0.15) is 0 Å². The maximum atomic E-state index is 10.2. The zero-order chi connectivity index (χ0) is 14.7. The van der Waals surface area contributed by atoms with Crippen molar-refractivity contribution in [2.24, 2.45) is 4.99 Å². The smallest absolute Gasteiger partial charge is 0.159 e. The third kappa shape index (κ3) is 3.28. The van der Waals surface area contributed by atoms with Crippen molar-refractivity contribution in [3.8, 4) is 0 Å². The molecule has 0 unspecified atom stereocenters. The van der Waals surface area contributed by atoms with Gasteiger partial charge in [0.2, 0.25) is 0 Å². The Kier molecular flexibility index (Phi) is 5.68. The number of rotatable bonds is 5. The third-order valence-corrected chi connectivity index (χ3v) is 5.00. The molecule has 6 atom stereocenters. The van der Waals surface area contributed by atoms with Crippen LogP contribution in [0.4, 0.5) is 0 Å². The average molecular weight is 304 g/mol. The second kappa shape index (κ2) is 7.09. The van der Waals surface area contributed by atoms with Crippen LogP contribution in [0.2, 0.25) is 0 Å². The van der Waals surface area contributed by atoms with Gasteiger partial charge in [-0.3, -0.25) is 4.99 Å². The van der Waals surface area contributed by atoms with Crippen LogP contribution >= 0.6 is 11.8 Å². The fourth-order valence-corrected chi connectivity index (χ4v) is 3.72. The van der Waals surface area contributed by atoms with Gasteiger partial charge in [0.05, 0.1) is 12.1 Å². The number of unbranched alkanes of at least 4 members (excludes halogenated alkanes) is 2. The van der Waals surface area contributed by atoms with Gasteiger partial charge in [-0.05, 0) is 6.42 Å². The minimum absolute atomic E-state index is 0.321. The van der Waals surface area contributed by atoms with Crippen molar-refractivity contribution in [1.82, 2.24) is 5.32 Å². The molecule has 7 heteroatoms. The first-order valence-corrected chi connectivity index (χ1v) is 8.06. The number of aliphatic hydroxyl groups excluding tert-OH is 3. The summed E-state index contributed by atoms with van der Waals surface area (Å²) >= 11 is 1.38. The van der Waals surface area contributed by atoms with Crippen LogP contribution in [0.15, 0.2) is 4.99 Å². The summed E-state index contributed by atoms with van der Waals surface area (Å²) in [6, 6.07) is -0.382. The molecule has 116 valence electrons. The lowest BCUT2D eigenvalue weighted by atomic mass is 9.92. The van der Waals surface area contributed by atoms with Crippen molar-refractivity contribution < 1.29 is 20.1 Å². The Morgan fingerprint density at radius 2 is 2.10 bits per heavy atom. The number of thioether (sulfide) groups is 1. The molecule has 0 amide bonds. The summed E-state index contributed by atoms with van der Waals surface area (Å²) in [6.45, 7) is 2.10. The Balaban J connectivity index is 1.98. The average Bonchev–Trinajstić information content (AvgIpc) is 2.86. The summed E-state index contributed by atoms with van der Waals surface area (Å²) in [5, 5.41) is 34.2. The standard InChI is InChI=1S/C13H24N2O4S/c1-3-4-5-6-7(16)11-10(18)9(17)8-12(19-11)20-13(14-2)15-8/h7-12,16-18H,3-6H2,1-2H3,(H,14,15)/t7-,8-,9-,10+,11-,12-/m1/s1. The highest BCUT2D eigenvalue weighted by atomic mass is 32.2. The molecule has 0 aromatic heterocycles. The number of hydrogen-bond donors (Lipinski definition) is 4. The molecule has 2 aliphatic rings. The van der Waals surface area contributed by atoms with Crippen LogP contribution in [0.5, 0.6) is 0 Å². The second-order valence-electron chi connectivity index (χ2n) is 5.33. The zero-order valence-corrected chi connectivity index (χ0v) is 12.7. The molecule has 0 saturated carbocycles. The van der Waals surface area contributed by atoms with Gasteiger partial charge in [0.25, 0.3) is 0 Å². The summed E-state index contributed by atoms with van der Waals surface area (Å²) in [7, 11) is 1.66. The fraction of sp³-hybridized carbons (Fsp3) is 0.923. The Morgan fingerprint density at radius 3 is 2.75 bits per heavy atom. The molecule has 6 nitrogen and oxygen atoms in total. The topological polar surface area (TPSA) is 94.3 Å². The van der Waals surface area contributed by atoms with Gasteiger partial charge in [-0.1, -0.05) is 37.9 Å². The largest absolute Gasteiger partial charge is 0.390 e. The first kappa shape index (κ1) is 16.0. The van der Waals surface area contributed by atoms with E-state index in [9.17, 15) is 15.3 Å². The van der Waals surface area contributed by atoms with Gasteiger partial charge in [-0.15, -0.1) is 0 Å². The summed E-state index contributed by atoms with van der Waals surface area (Å²) in [4.78, 5) is 4.03. The molecule has 0 aromatic carbocycles.